The van der Waals surface area contributed by atoms with Gasteiger partial charge < -0.3 is 10.2 Å². The summed E-state index contributed by atoms with van der Waals surface area (Å²) in [5.74, 6) is 0.208. The lowest BCUT2D eigenvalue weighted by Crippen LogP contribution is -2.34. The number of rotatable bonds is 10. The quantitative estimate of drug-likeness (QED) is 0.387. The summed E-state index contributed by atoms with van der Waals surface area (Å²) in [6, 6.07) is 0. The van der Waals surface area contributed by atoms with Gasteiger partial charge in [0.2, 0.25) is 5.91 Å². The molecule has 0 aromatic carbocycles. The second-order valence-corrected chi connectivity index (χ2v) is 7.00. The van der Waals surface area contributed by atoms with Crippen LogP contribution in [-0.4, -0.2) is 52.3 Å². The van der Waals surface area contributed by atoms with Crippen molar-refractivity contribution in [3.63, 3.8) is 0 Å². The van der Waals surface area contributed by atoms with Crippen molar-refractivity contribution in [2.75, 3.05) is 31.9 Å². The molecule has 138 valence electrons. The molecule has 1 aliphatic rings. The second-order valence-electron chi connectivity index (χ2n) is 6.04. The number of hydrogen-bond donors (Lipinski definition) is 1. The average molecular weight is 365 g/mol. The molecule has 1 heterocycles. The number of aromatic nitrogens is 2. The van der Waals surface area contributed by atoms with Crippen LogP contribution in [0.5, 0.6) is 0 Å². The molecule has 2 rings (SSSR count). The van der Waals surface area contributed by atoms with Gasteiger partial charge in [0.1, 0.15) is 5.03 Å². The first-order valence-corrected chi connectivity index (χ1v) is 9.94. The first-order chi connectivity index (χ1) is 12.1. The number of fused-ring (bicyclic) bond motifs is 1. The fraction of sp³-hybridized carbons (Fsp3) is 0.611. The minimum absolute atomic E-state index is 0.0656. The summed E-state index contributed by atoms with van der Waals surface area (Å²) < 4.78 is 1.84. The number of amides is 1. The van der Waals surface area contributed by atoms with Gasteiger partial charge in [-0.1, -0.05) is 31.7 Å². The molecule has 25 heavy (non-hydrogen) atoms. The zero-order valence-electron chi connectivity index (χ0n) is 15.2. The van der Waals surface area contributed by atoms with Crippen molar-refractivity contribution in [1.82, 2.24) is 19.8 Å². The maximum absolute atomic E-state index is 12.5. The molecule has 1 N–H and O–H groups in total. The molecule has 1 aromatic rings. The molecule has 0 atom stereocenters. The van der Waals surface area contributed by atoms with Crippen molar-refractivity contribution in [3.8, 4) is 0 Å². The maximum Gasteiger partial charge on any atom is 0.348 e. The normalized spacial score (nSPS) is 13.1. The van der Waals surface area contributed by atoms with Crippen LogP contribution in [0.2, 0.25) is 0 Å². The molecular weight excluding hydrogens is 336 g/mol. The summed E-state index contributed by atoms with van der Waals surface area (Å²) in [4.78, 5) is 30.9. The molecule has 7 heteroatoms. The monoisotopic (exact) mass is 364 g/mol. The highest BCUT2D eigenvalue weighted by Crippen LogP contribution is 2.29. The summed E-state index contributed by atoms with van der Waals surface area (Å²) >= 11 is 1.36. The van der Waals surface area contributed by atoms with E-state index in [4.69, 9.17) is 0 Å². The van der Waals surface area contributed by atoms with Gasteiger partial charge in [-0.2, -0.15) is 4.98 Å². The smallest absolute Gasteiger partial charge is 0.348 e. The van der Waals surface area contributed by atoms with E-state index in [-0.39, 0.29) is 17.3 Å². The van der Waals surface area contributed by atoms with Crippen molar-refractivity contribution in [2.24, 2.45) is 0 Å². The van der Waals surface area contributed by atoms with Crippen LogP contribution in [0.15, 0.2) is 22.5 Å². The Kier molecular flexibility index (Phi) is 7.71. The van der Waals surface area contributed by atoms with E-state index in [1.54, 1.807) is 6.08 Å². The lowest BCUT2D eigenvalue weighted by atomic mass is 10.2. The molecular formula is C18H28N4O2S. The molecule has 1 amide bonds. The Morgan fingerprint density at radius 3 is 2.84 bits per heavy atom. The second kappa shape index (κ2) is 9.77. The topological polar surface area (TPSA) is 67.2 Å². The summed E-state index contributed by atoms with van der Waals surface area (Å²) in [6.07, 6.45) is 4.55. The van der Waals surface area contributed by atoms with Gasteiger partial charge in [-0.3, -0.25) is 9.36 Å². The fourth-order valence-electron chi connectivity index (χ4n) is 3.09. The molecule has 0 bridgehead atoms. The van der Waals surface area contributed by atoms with E-state index in [9.17, 15) is 9.59 Å². The van der Waals surface area contributed by atoms with Gasteiger partial charge in [0, 0.05) is 30.9 Å². The minimum atomic E-state index is -0.193. The molecule has 1 aliphatic carbocycles. The van der Waals surface area contributed by atoms with Crippen LogP contribution in [0.4, 0.5) is 0 Å². The molecule has 6 nitrogen and oxygen atoms in total. The average Bonchev–Trinajstić information content (AvgIpc) is 3.10. The highest BCUT2D eigenvalue weighted by molar-refractivity contribution is 7.99. The zero-order valence-corrected chi connectivity index (χ0v) is 16.0. The van der Waals surface area contributed by atoms with Gasteiger partial charge in [0.05, 0.1) is 5.75 Å². The largest absolute Gasteiger partial charge is 0.352 e. The molecule has 1 aromatic heterocycles. The van der Waals surface area contributed by atoms with Crippen LogP contribution in [0, 0.1) is 0 Å². The van der Waals surface area contributed by atoms with E-state index in [0.29, 0.717) is 13.1 Å². The highest BCUT2D eigenvalue weighted by atomic mass is 32.2. The van der Waals surface area contributed by atoms with E-state index in [1.807, 2.05) is 4.57 Å². The van der Waals surface area contributed by atoms with Gasteiger partial charge in [-0.05, 0) is 32.4 Å². The Bertz CT molecular complexity index is 668. The van der Waals surface area contributed by atoms with Gasteiger partial charge >= 0.3 is 5.69 Å². The number of nitrogens with one attached hydrogen (secondary N) is 1. The number of likely N-dealkylation sites (N-methyl/N-ethyl adjacent to an activating group) is 1. The zero-order chi connectivity index (χ0) is 18.2. The van der Waals surface area contributed by atoms with Gasteiger partial charge in [0.15, 0.2) is 0 Å². The Labute approximate surface area is 153 Å². The maximum atomic E-state index is 12.5. The molecule has 0 saturated carbocycles. The molecule has 0 unspecified atom stereocenters. The first-order valence-electron chi connectivity index (χ1n) is 8.96. The molecule has 0 fully saturated rings. The van der Waals surface area contributed by atoms with E-state index >= 15 is 0 Å². The van der Waals surface area contributed by atoms with Crippen LogP contribution < -0.4 is 11.0 Å². The number of carbonyl (C=O) groups is 1. The van der Waals surface area contributed by atoms with Crippen LogP contribution in [0.3, 0.4) is 0 Å². The number of thioether (sulfide) groups is 1. The lowest BCUT2D eigenvalue weighted by molar-refractivity contribution is -0.118. The van der Waals surface area contributed by atoms with Gasteiger partial charge in [-0.15, -0.1) is 6.58 Å². The first kappa shape index (κ1) is 19.7. The van der Waals surface area contributed by atoms with Crippen molar-refractivity contribution < 1.29 is 4.79 Å². The van der Waals surface area contributed by atoms with Crippen molar-refractivity contribution in [2.45, 2.75) is 44.7 Å². The van der Waals surface area contributed by atoms with E-state index in [0.717, 1.165) is 55.2 Å². The molecule has 0 spiro atoms. The number of carbonyl (C=O) groups excluding carboxylic acids is 1. The summed E-state index contributed by atoms with van der Waals surface area (Å²) in [5, 5.41) is 3.47. The van der Waals surface area contributed by atoms with Crippen molar-refractivity contribution in [1.29, 1.82) is 0 Å². The molecule has 0 radical (unpaired) electrons. The van der Waals surface area contributed by atoms with Gasteiger partial charge in [-0.25, -0.2) is 4.79 Å². The molecule has 0 saturated heterocycles. The Hall–Kier alpha value is -1.60. The standard InChI is InChI=1S/C18H28N4O2S/c1-4-10-19-16(23)13-25-17-14-8-7-9-15(14)22(18(24)20-17)12-11-21(5-2)6-3/h4H,1,5-13H2,2-3H3,(H,19,23). The van der Waals surface area contributed by atoms with Crippen molar-refractivity contribution >= 4 is 17.7 Å². The third-order valence-electron chi connectivity index (χ3n) is 4.52. The third-order valence-corrected chi connectivity index (χ3v) is 5.54. The van der Waals surface area contributed by atoms with Gasteiger partial charge in [0.25, 0.3) is 0 Å². The Morgan fingerprint density at radius 1 is 1.40 bits per heavy atom. The number of nitrogens with zero attached hydrogens (tertiary/aromatic N) is 3. The lowest BCUT2D eigenvalue weighted by Gasteiger charge is -2.20. The SMILES string of the molecule is C=CCNC(=O)CSc1nc(=O)n(CCN(CC)CC)c2c1CCC2. The molecule has 0 aliphatic heterocycles. The van der Waals surface area contributed by atoms with Crippen molar-refractivity contribution in [3.05, 3.63) is 34.4 Å². The summed E-state index contributed by atoms with van der Waals surface area (Å²) in [6.45, 7) is 11.8. The Balaban J connectivity index is 2.12. The number of hydrogen-bond acceptors (Lipinski definition) is 5. The fourth-order valence-corrected chi connectivity index (χ4v) is 3.99. The van der Waals surface area contributed by atoms with Crippen LogP contribution >= 0.6 is 11.8 Å². The van der Waals surface area contributed by atoms with Crippen LogP contribution in [-0.2, 0) is 24.2 Å². The predicted octanol–water partition coefficient (Wildman–Crippen LogP) is 1.47. The highest BCUT2D eigenvalue weighted by Gasteiger charge is 2.22. The predicted molar refractivity (Wildman–Crippen MR) is 102 cm³/mol. The van der Waals surface area contributed by atoms with Crippen LogP contribution in [0.1, 0.15) is 31.5 Å². The summed E-state index contributed by atoms with van der Waals surface area (Å²) in [7, 11) is 0. The van der Waals surface area contributed by atoms with E-state index in [2.05, 4.69) is 35.6 Å². The minimum Gasteiger partial charge on any atom is -0.352 e. The van der Waals surface area contributed by atoms with Crippen LogP contribution in [0.25, 0.3) is 0 Å². The summed E-state index contributed by atoms with van der Waals surface area (Å²) in [5.41, 5.74) is 2.07. The van der Waals surface area contributed by atoms with E-state index < -0.39 is 0 Å². The third kappa shape index (κ3) is 5.19. The van der Waals surface area contributed by atoms with E-state index in [1.165, 1.54) is 11.8 Å². The Morgan fingerprint density at radius 2 is 2.16 bits per heavy atom.